The summed E-state index contributed by atoms with van der Waals surface area (Å²) in [6.07, 6.45) is 0. The second-order valence-corrected chi connectivity index (χ2v) is 14.6. The molecule has 0 aliphatic carbocycles. The molecule has 0 aliphatic rings. The first-order valence-electron chi connectivity index (χ1n) is 6.83. The molecule has 0 saturated heterocycles. The van der Waals surface area contributed by atoms with E-state index in [1.807, 2.05) is 48.5 Å². The fourth-order valence-electron chi connectivity index (χ4n) is 1.61. The summed E-state index contributed by atoms with van der Waals surface area (Å²) < 4.78 is 17.0. The Morgan fingerprint density at radius 2 is 1.43 bits per heavy atom. The first-order valence-corrected chi connectivity index (χ1v) is 12.9. The van der Waals surface area contributed by atoms with Crippen LogP contribution in [0.5, 0.6) is 0 Å². The molecule has 110 valence electrons. The Morgan fingerprint density at radius 1 is 0.905 bits per heavy atom. The van der Waals surface area contributed by atoms with Gasteiger partial charge in [0.15, 0.2) is 0 Å². The van der Waals surface area contributed by atoms with E-state index in [1.54, 1.807) is 11.8 Å². The van der Waals surface area contributed by atoms with Crippen LogP contribution in [0.1, 0.15) is 0 Å². The van der Waals surface area contributed by atoms with Crippen molar-refractivity contribution in [1.82, 2.24) is 0 Å². The molecule has 2 rings (SSSR count). The maximum absolute atomic E-state index is 14.9. The van der Waals surface area contributed by atoms with Crippen LogP contribution in [0.3, 0.4) is 0 Å². The molecule has 0 unspecified atom stereocenters. The second kappa shape index (κ2) is 7.46. The summed E-state index contributed by atoms with van der Waals surface area (Å²) in [5.41, 5.74) is 0.139. The number of hydrogen-bond acceptors (Lipinski definition) is 1. The van der Waals surface area contributed by atoms with Gasteiger partial charge < -0.3 is 0 Å². The monoisotopic (exact) mass is 382 g/mol. The topological polar surface area (TPSA) is 0 Å². The average Bonchev–Trinajstić information content (AvgIpc) is 2.47. The van der Waals surface area contributed by atoms with E-state index in [4.69, 9.17) is 0 Å². The van der Waals surface area contributed by atoms with Crippen LogP contribution in [0.25, 0.3) is 0 Å². The molecule has 0 radical (unpaired) electrons. The summed E-state index contributed by atoms with van der Waals surface area (Å²) >= 11 is 1.61. The van der Waals surface area contributed by atoms with Gasteiger partial charge in [0.05, 0.1) is 0 Å². The summed E-state index contributed by atoms with van der Waals surface area (Å²) in [7, 11) is -1.92. The van der Waals surface area contributed by atoms with Gasteiger partial charge in [0.2, 0.25) is 0 Å². The first kappa shape index (κ1) is 16.6. The molecule has 0 aromatic heterocycles. The van der Waals surface area contributed by atoms with E-state index in [-0.39, 0.29) is 20.4 Å². The quantitative estimate of drug-likeness (QED) is 0.528. The zero-order chi connectivity index (χ0) is 15.3. The Bertz CT molecular complexity index is 562. The molecular weight excluding hydrogens is 362 g/mol. The van der Waals surface area contributed by atoms with E-state index in [2.05, 4.69) is 31.8 Å². The molecule has 0 aliphatic heterocycles. The third-order valence-corrected chi connectivity index (χ3v) is 8.56. The van der Waals surface area contributed by atoms with Gasteiger partial charge >= 0.3 is 138 Å². The van der Waals surface area contributed by atoms with Crippen molar-refractivity contribution in [2.75, 3.05) is 0 Å². The molecular formula is C17H19FSSeSi. The van der Waals surface area contributed by atoms with Crippen molar-refractivity contribution in [1.29, 1.82) is 0 Å². The summed E-state index contributed by atoms with van der Waals surface area (Å²) in [4.78, 5) is 1.11. The van der Waals surface area contributed by atoms with E-state index in [9.17, 15) is 4.39 Å². The van der Waals surface area contributed by atoms with Gasteiger partial charge in [-0.1, -0.05) is 0 Å². The Kier molecular flexibility index (Phi) is 5.88. The molecule has 0 N–H and O–H groups in total. The second-order valence-electron chi connectivity index (χ2n) is 5.68. The molecule has 4 heteroatoms. The van der Waals surface area contributed by atoms with E-state index >= 15 is 0 Å². The van der Waals surface area contributed by atoms with E-state index in [1.165, 1.54) is 4.46 Å². The zero-order valence-corrected chi connectivity index (χ0v) is 16.0. The fourth-order valence-corrected chi connectivity index (χ4v) is 8.74. The van der Waals surface area contributed by atoms with Crippen molar-refractivity contribution >= 4 is 39.3 Å². The summed E-state index contributed by atoms with van der Waals surface area (Å²) in [6, 6.07) is 20.3. The number of rotatable bonds is 5. The van der Waals surface area contributed by atoms with Gasteiger partial charge in [0.25, 0.3) is 0 Å². The molecule has 0 atom stereocenters. The molecule has 0 amide bonds. The van der Waals surface area contributed by atoms with Crippen LogP contribution >= 0.6 is 11.8 Å². The Hall–Kier alpha value is -0.804. The molecule has 21 heavy (non-hydrogen) atoms. The summed E-state index contributed by atoms with van der Waals surface area (Å²) in [5.74, 6) is 0. The van der Waals surface area contributed by atoms with Crippen LogP contribution in [-0.2, 0) is 0 Å². The predicted octanol–water partition coefficient (Wildman–Crippen LogP) is 4.82. The zero-order valence-electron chi connectivity index (χ0n) is 12.5. The molecule has 0 saturated carbocycles. The van der Waals surface area contributed by atoms with Crippen LogP contribution in [0.15, 0.2) is 74.8 Å². The van der Waals surface area contributed by atoms with Crippen LogP contribution in [0, 0.1) is 0 Å². The average molecular weight is 381 g/mol. The van der Waals surface area contributed by atoms with Crippen LogP contribution < -0.4 is 4.46 Å². The van der Waals surface area contributed by atoms with E-state index in [0.29, 0.717) is 0 Å². The van der Waals surface area contributed by atoms with Gasteiger partial charge in [-0.3, -0.25) is 0 Å². The fraction of sp³-hybridized carbons (Fsp3) is 0.176. The van der Waals surface area contributed by atoms with Crippen LogP contribution in [0.4, 0.5) is 4.39 Å². The molecule has 0 heterocycles. The Morgan fingerprint density at radius 3 is 1.95 bits per heavy atom. The van der Waals surface area contributed by atoms with E-state index < -0.39 is 8.07 Å². The van der Waals surface area contributed by atoms with Gasteiger partial charge in [-0.25, -0.2) is 0 Å². The van der Waals surface area contributed by atoms with Gasteiger partial charge in [0.1, 0.15) is 0 Å². The number of benzene rings is 2. The van der Waals surface area contributed by atoms with E-state index in [0.717, 1.165) is 8.70 Å². The summed E-state index contributed by atoms with van der Waals surface area (Å²) in [6.45, 7) is 6.19. The minimum atomic E-state index is -1.92. The van der Waals surface area contributed by atoms with Gasteiger partial charge in [-0.05, 0) is 0 Å². The van der Waals surface area contributed by atoms with Gasteiger partial charge in [-0.2, -0.15) is 0 Å². The third-order valence-electron chi connectivity index (χ3n) is 2.75. The van der Waals surface area contributed by atoms with Crippen molar-refractivity contribution < 1.29 is 4.39 Å². The Labute approximate surface area is 138 Å². The number of halogens is 1. The normalized spacial score (nSPS) is 13.0. The number of hydrogen-bond donors (Lipinski definition) is 0. The molecule has 0 nitrogen and oxygen atoms in total. The predicted molar refractivity (Wildman–Crippen MR) is 95.6 cm³/mol. The minimum absolute atomic E-state index is 0.0200. The molecule has 0 spiro atoms. The van der Waals surface area contributed by atoms with Gasteiger partial charge in [-0.15, -0.1) is 0 Å². The third kappa shape index (κ3) is 5.15. The van der Waals surface area contributed by atoms with Crippen molar-refractivity contribution in [3.8, 4) is 0 Å². The standard InChI is InChI=1S/C17H19FSSeSi/c1-21(2,3)16(18)17(19-14-10-6-4-7-11-14)20-15-12-8-5-9-13-15/h4-13H,1-3H3/b17-16+. The van der Waals surface area contributed by atoms with Crippen molar-refractivity contribution in [3.63, 3.8) is 0 Å². The molecule has 2 aromatic rings. The van der Waals surface area contributed by atoms with Crippen molar-refractivity contribution in [3.05, 3.63) is 69.9 Å². The molecule has 2 aromatic carbocycles. The summed E-state index contributed by atoms with van der Waals surface area (Å²) in [5, 5.41) is 0. The number of thioether (sulfide) groups is 1. The van der Waals surface area contributed by atoms with Crippen molar-refractivity contribution in [2.45, 2.75) is 24.5 Å². The maximum atomic E-state index is 14.9. The SMILES string of the molecule is C[Si](C)(C)/C(F)=C(\Sc1ccccc1)[Se]c1ccccc1. The van der Waals surface area contributed by atoms with Gasteiger partial charge in [0, 0.05) is 0 Å². The molecule has 0 bridgehead atoms. The first-order chi connectivity index (χ1) is 9.97. The Balaban J connectivity index is 2.31. The van der Waals surface area contributed by atoms with Crippen LogP contribution in [-0.4, -0.2) is 23.0 Å². The van der Waals surface area contributed by atoms with Crippen molar-refractivity contribution in [2.24, 2.45) is 0 Å². The van der Waals surface area contributed by atoms with Crippen LogP contribution in [0.2, 0.25) is 19.6 Å². The molecule has 0 fully saturated rings.